The van der Waals surface area contributed by atoms with Crippen LogP contribution in [0.4, 0.5) is 0 Å². The molecule has 2 fully saturated rings. The third-order valence-corrected chi connectivity index (χ3v) is 7.75. The van der Waals surface area contributed by atoms with Gasteiger partial charge in [0.05, 0.1) is 31.1 Å². The van der Waals surface area contributed by atoms with Crippen LogP contribution in [-0.2, 0) is 22.3 Å². The van der Waals surface area contributed by atoms with Crippen molar-refractivity contribution in [2.24, 2.45) is 0 Å². The Labute approximate surface area is 213 Å². The zero-order chi connectivity index (χ0) is 24.2. The molecule has 36 heavy (non-hydrogen) atoms. The molecule has 0 radical (unpaired) electrons. The highest BCUT2D eigenvalue weighted by Gasteiger charge is 2.30. The van der Waals surface area contributed by atoms with Gasteiger partial charge in [0.15, 0.2) is 0 Å². The van der Waals surface area contributed by atoms with E-state index in [9.17, 15) is 0 Å². The van der Waals surface area contributed by atoms with Crippen LogP contribution in [0.25, 0.3) is 10.8 Å². The van der Waals surface area contributed by atoms with Crippen LogP contribution in [-0.4, -0.2) is 53.6 Å². The average Bonchev–Trinajstić information content (AvgIpc) is 3.43. The minimum atomic E-state index is -0.0562. The van der Waals surface area contributed by atoms with Crippen LogP contribution in [0.3, 0.4) is 0 Å². The second kappa shape index (κ2) is 11.0. The molecule has 0 bridgehead atoms. The molecule has 0 N–H and O–H groups in total. The molecule has 5 heteroatoms. The minimum absolute atomic E-state index is 0.0562. The molecule has 2 aliphatic heterocycles. The van der Waals surface area contributed by atoms with Crippen LogP contribution in [0.15, 0.2) is 85.1 Å². The Morgan fingerprint density at radius 3 is 2.53 bits per heavy atom. The highest BCUT2D eigenvalue weighted by molar-refractivity contribution is 5.85. The molecule has 186 valence electrons. The van der Waals surface area contributed by atoms with Gasteiger partial charge in [-0.05, 0) is 47.2 Å². The zero-order valence-electron chi connectivity index (χ0n) is 20.8. The molecule has 2 aliphatic rings. The van der Waals surface area contributed by atoms with Crippen molar-refractivity contribution in [3.05, 3.63) is 102 Å². The quantitative estimate of drug-likeness (QED) is 0.344. The van der Waals surface area contributed by atoms with Crippen LogP contribution >= 0.6 is 0 Å². The number of piperidine rings is 1. The molecule has 4 aromatic rings. The number of rotatable bonds is 7. The molecule has 0 saturated carbocycles. The summed E-state index contributed by atoms with van der Waals surface area (Å²) in [4.78, 5) is 2.61. The summed E-state index contributed by atoms with van der Waals surface area (Å²) in [6.07, 6.45) is 6.14. The number of likely N-dealkylation sites (tertiary alicyclic amines) is 1. The summed E-state index contributed by atoms with van der Waals surface area (Å²) >= 11 is 0. The summed E-state index contributed by atoms with van der Waals surface area (Å²) in [7, 11) is 0. The van der Waals surface area contributed by atoms with Crippen LogP contribution in [0.2, 0.25) is 0 Å². The third kappa shape index (κ3) is 5.24. The lowest BCUT2D eigenvalue weighted by Crippen LogP contribution is -2.38. The zero-order valence-corrected chi connectivity index (χ0v) is 20.8. The Morgan fingerprint density at radius 2 is 1.64 bits per heavy atom. The van der Waals surface area contributed by atoms with Gasteiger partial charge < -0.3 is 14.4 Å². The van der Waals surface area contributed by atoms with E-state index < -0.39 is 0 Å². The highest BCUT2D eigenvalue weighted by atomic mass is 16.6. The summed E-state index contributed by atoms with van der Waals surface area (Å²) < 4.78 is 14.7. The van der Waals surface area contributed by atoms with Gasteiger partial charge >= 0.3 is 0 Å². The van der Waals surface area contributed by atoms with E-state index in [0.717, 1.165) is 51.0 Å². The summed E-state index contributed by atoms with van der Waals surface area (Å²) in [6, 6.07) is 28.5. The Morgan fingerprint density at radius 1 is 0.833 bits per heavy atom. The fraction of sp³-hybridized carbons (Fsp3) is 0.387. The monoisotopic (exact) mass is 481 g/mol. The van der Waals surface area contributed by atoms with Gasteiger partial charge in [0, 0.05) is 32.3 Å². The maximum absolute atomic E-state index is 6.51. The number of benzene rings is 3. The van der Waals surface area contributed by atoms with Crippen LogP contribution in [0.5, 0.6) is 0 Å². The van der Waals surface area contributed by atoms with E-state index in [-0.39, 0.29) is 12.2 Å². The van der Waals surface area contributed by atoms with E-state index in [0.29, 0.717) is 19.3 Å². The van der Waals surface area contributed by atoms with Crippen molar-refractivity contribution in [2.45, 2.75) is 43.9 Å². The van der Waals surface area contributed by atoms with Gasteiger partial charge in [-0.25, -0.2) is 0 Å². The van der Waals surface area contributed by atoms with Gasteiger partial charge in [-0.2, -0.15) is 5.10 Å². The third-order valence-electron chi connectivity index (χ3n) is 7.75. The van der Waals surface area contributed by atoms with E-state index in [2.05, 4.69) is 88.4 Å². The predicted molar refractivity (Wildman–Crippen MR) is 143 cm³/mol. The lowest BCUT2D eigenvalue weighted by atomic mass is 10.0. The first-order valence-electron chi connectivity index (χ1n) is 13.3. The van der Waals surface area contributed by atoms with E-state index in [1.807, 2.05) is 6.20 Å². The SMILES string of the molecule is c1ccc(CC2COCC(c3ccnn3C3CCN(CCc4cccc5ccccc45)CC3)O2)cc1. The molecule has 3 heterocycles. The van der Waals surface area contributed by atoms with Crippen molar-refractivity contribution >= 4 is 10.8 Å². The lowest BCUT2D eigenvalue weighted by molar-refractivity contribution is -0.142. The minimum Gasteiger partial charge on any atom is -0.376 e. The van der Waals surface area contributed by atoms with Crippen molar-refractivity contribution in [1.29, 1.82) is 0 Å². The van der Waals surface area contributed by atoms with Crippen LogP contribution in [0.1, 0.15) is 41.8 Å². The van der Waals surface area contributed by atoms with Crippen LogP contribution < -0.4 is 0 Å². The fourth-order valence-corrected chi connectivity index (χ4v) is 5.82. The highest BCUT2D eigenvalue weighted by Crippen LogP contribution is 2.30. The first-order valence-corrected chi connectivity index (χ1v) is 13.3. The van der Waals surface area contributed by atoms with Crippen molar-refractivity contribution < 1.29 is 9.47 Å². The fourth-order valence-electron chi connectivity index (χ4n) is 5.82. The number of nitrogens with zero attached hydrogens (tertiary/aromatic N) is 3. The Balaban J connectivity index is 1.05. The smallest absolute Gasteiger partial charge is 0.123 e. The van der Waals surface area contributed by atoms with Gasteiger partial charge in [-0.1, -0.05) is 72.8 Å². The Bertz CT molecular complexity index is 1260. The first-order chi connectivity index (χ1) is 17.8. The molecule has 1 aromatic heterocycles. The number of hydrogen-bond acceptors (Lipinski definition) is 4. The molecule has 0 amide bonds. The summed E-state index contributed by atoms with van der Waals surface area (Å²) in [6.45, 7) is 4.56. The Hall–Kier alpha value is -2.99. The van der Waals surface area contributed by atoms with Gasteiger partial charge in [0.2, 0.25) is 0 Å². The normalized spacial score (nSPS) is 21.7. The first kappa shape index (κ1) is 23.4. The number of hydrogen-bond donors (Lipinski definition) is 0. The standard InChI is InChI=1S/C31H35N3O2/c1-2-7-24(8-3-1)21-28-22-35-23-31(36-28)30-13-17-32-34(30)27-15-19-33(20-16-27)18-14-26-11-6-10-25-9-4-5-12-29(25)26/h1-13,17,27-28,31H,14-16,18-23H2. The molecular formula is C31H35N3O2. The maximum Gasteiger partial charge on any atom is 0.123 e. The molecular weight excluding hydrogens is 446 g/mol. The van der Waals surface area contributed by atoms with Crippen molar-refractivity contribution in [3.63, 3.8) is 0 Å². The largest absolute Gasteiger partial charge is 0.376 e. The molecule has 0 spiro atoms. The second-order valence-electron chi connectivity index (χ2n) is 10.1. The predicted octanol–water partition coefficient (Wildman–Crippen LogP) is 5.62. The van der Waals surface area contributed by atoms with Gasteiger partial charge in [0.1, 0.15) is 6.10 Å². The number of fused-ring (bicyclic) bond motifs is 1. The van der Waals surface area contributed by atoms with Crippen molar-refractivity contribution in [3.8, 4) is 0 Å². The lowest BCUT2D eigenvalue weighted by Gasteiger charge is -2.35. The van der Waals surface area contributed by atoms with Gasteiger partial charge in [-0.15, -0.1) is 0 Å². The van der Waals surface area contributed by atoms with Gasteiger partial charge in [-0.3, -0.25) is 4.68 Å². The average molecular weight is 482 g/mol. The summed E-state index contributed by atoms with van der Waals surface area (Å²) in [5.41, 5.74) is 3.89. The molecule has 5 nitrogen and oxygen atoms in total. The molecule has 2 atom stereocenters. The molecule has 2 unspecified atom stereocenters. The van der Waals surface area contributed by atoms with E-state index in [1.165, 1.54) is 21.9 Å². The molecule has 2 saturated heterocycles. The molecule has 6 rings (SSSR count). The number of aromatic nitrogens is 2. The van der Waals surface area contributed by atoms with Crippen molar-refractivity contribution in [1.82, 2.24) is 14.7 Å². The maximum atomic E-state index is 6.51. The van der Waals surface area contributed by atoms with Crippen molar-refractivity contribution in [2.75, 3.05) is 32.8 Å². The van der Waals surface area contributed by atoms with Crippen LogP contribution in [0, 0.1) is 0 Å². The number of ether oxygens (including phenoxy) is 2. The van der Waals surface area contributed by atoms with E-state index >= 15 is 0 Å². The van der Waals surface area contributed by atoms with Gasteiger partial charge in [0.25, 0.3) is 0 Å². The molecule has 0 aliphatic carbocycles. The summed E-state index contributed by atoms with van der Waals surface area (Å²) in [5.74, 6) is 0. The second-order valence-corrected chi connectivity index (χ2v) is 10.1. The molecule has 3 aromatic carbocycles. The summed E-state index contributed by atoms with van der Waals surface area (Å²) in [5, 5.41) is 7.46. The van der Waals surface area contributed by atoms with E-state index in [1.54, 1.807) is 0 Å². The van der Waals surface area contributed by atoms with E-state index in [4.69, 9.17) is 14.6 Å². The topological polar surface area (TPSA) is 39.5 Å². The Kier molecular flexibility index (Phi) is 7.12.